The zero-order chi connectivity index (χ0) is 13.1. The average molecular weight is 266 g/mol. The number of fused-ring (bicyclic) bond motifs is 1. The monoisotopic (exact) mass is 265 g/mol. The van der Waals surface area contributed by atoms with E-state index in [-0.39, 0.29) is 11.9 Å². The van der Waals surface area contributed by atoms with Gasteiger partial charge in [-0.3, -0.25) is 10.2 Å². The smallest absolute Gasteiger partial charge is 0.233 e. The summed E-state index contributed by atoms with van der Waals surface area (Å²) >= 11 is 5.95. The van der Waals surface area contributed by atoms with Gasteiger partial charge in [-0.05, 0) is 37.6 Å². The van der Waals surface area contributed by atoms with Crippen molar-refractivity contribution in [2.24, 2.45) is 5.84 Å². The van der Waals surface area contributed by atoms with Crippen LogP contribution >= 0.6 is 11.6 Å². The van der Waals surface area contributed by atoms with Crippen molar-refractivity contribution in [3.8, 4) is 0 Å². The van der Waals surface area contributed by atoms with Gasteiger partial charge in [0.15, 0.2) is 0 Å². The summed E-state index contributed by atoms with van der Waals surface area (Å²) in [6, 6.07) is 8.07. The van der Waals surface area contributed by atoms with Gasteiger partial charge in [0.1, 0.15) is 0 Å². The molecule has 0 fully saturated rings. The predicted octanol–water partition coefficient (Wildman–Crippen LogP) is 2.63. The number of hydrogen-bond donors (Lipinski definition) is 2. The van der Waals surface area contributed by atoms with Crippen LogP contribution in [0, 0.1) is 0 Å². The molecule has 1 atom stereocenters. The molecule has 1 unspecified atom stereocenters. The van der Waals surface area contributed by atoms with Gasteiger partial charge in [0.25, 0.3) is 0 Å². The highest BCUT2D eigenvalue weighted by Crippen LogP contribution is 2.25. The number of rotatable bonds is 4. The number of hydrogen-bond acceptors (Lipinski definition) is 2. The Morgan fingerprint density at radius 2 is 2.28 bits per heavy atom. The molecule has 2 rings (SSSR count). The van der Waals surface area contributed by atoms with Crippen molar-refractivity contribution in [1.82, 2.24) is 9.99 Å². The minimum absolute atomic E-state index is 0.138. The van der Waals surface area contributed by atoms with Crippen molar-refractivity contribution in [3.63, 3.8) is 0 Å². The summed E-state index contributed by atoms with van der Waals surface area (Å²) in [5.74, 6) is 4.93. The summed E-state index contributed by atoms with van der Waals surface area (Å²) in [7, 11) is 0. The second kappa shape index (κ2) is 5.42. The van der Waals surface area contributed by atoms with Crippen LogP contribution in [0.3, 0.4) is 0 Å². The maximum atomic E-state index is 11.1. The summed E-state index contributed by atoms with van der Waals surface area (Å²) in [5, 5.41) is 1.84. The van der Waals surface area contributed by atoms with E-state index in [2.05, 4.69) is 16.9 Å². The number of nitrogens with one attached hydrogen (secondary N) is 1. The largest absolute Gasteiger partial charge is 0.345 e. The Labute approximate surface area is 111 Å². The third kappa shape index (κ3) is 2.66. The molecule has 5 heteroatoms. The van der Waals surface area contributed by atoms with Gasteiger partial charge >= 0.3 is 0 Å². The van der Waals surface area contributed by atoms with Crippen LogP contribution in [0.5, 0.6) is 0 Å². The molecule has 1 amide bonds. The lowest BCUT2D eigenvalue weighted by molar-refractivity contribution is -0.121. The second-order valence-electron chi connectivity index (χ2n) is 4.38. The summed E-state index contributed by atoms with van der Waals surface area (Å²) in [4.78, 5) is 11.1. The van der Waals surface area contributed by atoms with Crippen LogP contribution in [-0.2, 0) is 4.79 Å². The van der Waals surface area contributed by atoms with Gasteiger partial charge in [-0.25, -0.2) is 5.84 Å². The van der Waals surface area contributed by atoms with E-state index in [1.807, 2.05) is 30.5 Å². The summed E-state index contributed by atoms with van der Waals surface area (Å²) in [6.45, 7) is 2.08. The third-order valence-corrected chi connectivity index (χ3v) is 3.34. The Morgan fingerprint density at radius 3 is 3.00 bits per heavy atom. The highest BCUT2D eigenvalue weighted by atomic mass is 35.5. The molecule has 1 heterocycles. The molecule has 4 nitrogen and oxygen atoms in total. The van der Waals surface area contributed by atoms with Crippen LogP contribution in [-0.4, -0.2) is 10.5 Å². The molecule has 96 valence electrons. The van der Waals surface area contributed by atoms with Crippen molar-refractivity contribution in [1.29, 1.82) is 0 Å². The quantitative estimate of drug-likeness (QED) is 0.507. The van der Waals surface area contributed by atoms with Crippen LogP contribution < -0.4 is 11.3 Å². The molecule has 0 saturated carbocycles. The Balaban J connectivity index is 2.17. The van der Waals surface area contributed by atoms with E-state index in [1.165, 1.54) is 0 Å². The Kier molecular flexibility index (Phi) is 3.89. The van der Waals surface area contributed by atoms with E-state index >= 15 is 0 Å². The molecule has 18 heavy (non-hydrogen) atoms. The zero-order valence-corrected chi connectivity index (χ0v) is 10.9. The topological polar surface area (TPSA) is 60.1 Å². The lowest BCUT2D eigenvalue weighted by Gasteiger charge is -2.14. The van der Waals surface area contributed by atoms with E-state index < -0.39 is 0 Å². The number of aromatic nitrogens is 1. The fourth-order valence-electron chi connectivity index (χ4n) is 2.07. The summed E-state index contributed by atoms with van der Waals surface area (Å²) in [6.07, 6.45) is 3.19. The summed E-state index contributed by atoms with van der Waals surface area (Å²) in [5.41, 5.74) is 3.27. The molecule has 2 aromatic rings. The zero-order valence-electron chi connectivity index (χ0n) is 10.2. The molecule has 1 aromatic heterocycles. The minimum Gasteiger partial charge on any atom is -0.345 e. The fraction of sp³-hybridized carbons (Fsp3) is 0.308. The number of nitrogens with two attached hydrogens (primary N) is 1. The first kappa shape index (κ1) is 12.9. The average Bonchev–Trinajstić information content (AvgIpc) is 2.78. The van der Waals surface area contributed by atoms with Gasteiger partial charge in [-0.1, -0.05) is 11.6 Å². The van der Waals surface area contributed by atoms with E-state index in [9.17, 15) is 4.79 Å². The van der Waals surface area contributed by atoms with Gasteiger partial charge in [0, 0.05) is 34.6 Å². The first-order chi connectivity index (χ1) is 8.61. The number of halogens is 1. The lowest BCUT2D eigenvalue weighted by atomic mass is 10.1. The second-order valence-corrected chi connectivity index (χ2v) is 4.82. The van der Waals surface area contributed by atoms with Gasteiger partial charge in [0.2, 0.25) is 5.91 Å². The molecule has 0 bridgehead atoms. The van der Waals surface area contributed by atoms with Crippen molar-refractivity contribution in [2.75, 3.05) is 0 Å². The van der Waals surface area contributed by atoms with Crippen molar-refractivity contribution >= 4 is 28.4 Å². The van der Waals surface area contributed by atoms with E-state index in [4.69, 9.17) is 17.4 Å². The van der Waals surface area contributed by atoms with Crippen LogP contribution in [0.2, 0.25) is 5.02 Å². The van der Waals surface area contributed by atoms with Gasteiger partial charge < -0.3 is 4.57 Å². The maximum absolute atomic E-state index is 11.1. The van der Waals surface area contributed by atoms with Gasteiger partial charge in [-0.15, -0.1) is 0 Å². The first-order valence-corrected chi connectivity index (χ1v) is 6.25. The Morgan fingerprint density at radius 1 is 1.50 bits per heavy atom. The Bertz CT molecular complexity index is 564. The van der Waals surface area contributed by atoms with Crippen LogP contribution in [0.15, 0.2) is 30.5 Å². The number of carbonyl (C=O) groups is 1. The summed E-state index contributed by atoms with van der Waals surface area (Å²) < 4.78 is 2.15. The van der Waals surface area contributed by atoms with Crippen LogP contribution in [0.4, 0.5) is 0 Å². The Hall–Kier alpha value is -1.52. The molecular weight excluding hydrogens is 250 g/mol. The SMILES string of the molecule is CC(CCC(=O)NN)n1ccc2cc(Cl)ccc21. The van der Waals surface area contributed by atoms with Crippen LogP contribution in [0.25, 0.3) is 10.9 Å². The standard InChI is InChI=1S/C13H16ClN3O/c1-9(2-5-13(18)16-15)17-7-6-10-8-11(14)3-4-12(10)17/h3-4,6-9H,2,5,15H2,1H3,(H,16,18). The number of benzene rings is 1. The number of nitrogens with zero attached hydrogens (tertiary/aromatic N) is 1. The van der Waals surface area contributed by atoms with E-state index in [1.54, 1.807) is 0 Å². The van der Waals surface area contributed by atoms with Crippen molar-refractivity contribution < 1.29 is 4.79 Å². The minimum atomic E-state index is -0.138. The molecule has 0 spiro atoms. The number of amides is 1. The molecular formula is C13H16ClN3O. The fourth-order valence-corrected chi connectivity index (χ4v) is 2.25. The molecule has 0 aliphatic carbocycles. The van der Waals surface area contributed by atoms with Crippen molar-refractivity contribution in [3.05, 3.63) is 35.5 Å². The third-order valence-electron chi connectivity index (χ3n) is 3.11. The predicted molar refractivity (Wildman–Crippen MR) is 73.2 cm³/mol. The number of hydrazine groups is 1. The number of carbonyl (C=O) groups excluding carboxylic acids is 1. The first-order valence-electron chi connectivity index (χ1n) is 5.87. The highest BCUT2D eigenvalue weighted by Gasteiger charge is 2.10. The highest BCUT2D eigenvalue weighted by molar-refractivity contribution is 6.31. The van der Waals surface area contributed by atoms with Crippen LogP contribution in [0.1, 0.15) is 25.8 Å². The molecule has 0 saturated heterocycles. The molecule has 1 aromatic carbocycles. The molecule has 3 N–H and O–H groups in total. The maximum Gasteiger partial charge on any atom is 0.233 e. The molecule has 0 aliphatic rings. The van der Waals surface area contributed by atoms with E-state index in [0.29, 0.717) is 6.42 Å². The van der Waals surface area contributed by atoms with Crippen molar-refractivity contribution in [2.45, 2.75) is 25.8 Å². The lowest BCUT2D eigenvalue weighted by Crippen LogP contribution is -2.30. The normalized spacial score (nSPS) is 12.6. The van der Waals surface area contributed by atoms with E-state index in [0.717, 1.165) is 22.3 Å². The van der Waals surface area contributed by atoms with Gasteiger partial charge in [-0.2, -0.15) is 0 Å². The van der Waals surface area contributed by atoms with Gasteiger partial charge in [0.05, 0.1) is 0 Å². The molecule has 0 radical (unpaired) electrons. The molecule has 0 aliphatic heterocycles.